The molecule has 0 aromatic carbocycles. The van der Waals surface area contributed by atoms with E-state index in [1.807, 2.05) is 20.0 Å². The molecule has 0 atom stereocenters. The van der Waals surface area contributed by atoms with Gasteiger partial charge in [0.2, 0.25) is 0 Å². The molecule has 14 heavy (non-hydrogen) atoms. The summed E-state index contributed by atoms with van der Waals surface area (Å²) in [6.07, 6.45) is 2.54. The Balaban J connectivity index is 2.74. The molecule has 0 fully saturated rings. The Morgan fingerprint density at radius 3 is 3.07 bits per heavy atom. The summed E-state index contributed by atoms with van der Waals surface area (Å²) in [5, 5.41) is 3.03. The van der Waals surface area contributed by atoms with Crippen LogP contribution in [0.2, 0.25) is 0 Å². The molecule has 0 saturated heterocycles. The molecule has 1 rings (SSSR count). The van der Waals surface area contributed by atoms with Gasteiger partial charge in [-0.3, -0.25) is 0 Å². The summed E-state index contributed by atoms with van der Waals surface area (Å²) in [5.41, 5.74) is 8.21. The Hall–Kier alpha value is -1.53. The van der Waals surface area contributed by atoms with E-state index < -0.39 is 0 Å². The van der Waals surface area contributed by atoms with Gasteiger partial charge in [-0.05, 0) is 31.5 Å². The van der Waals surface area contributed by atoms with Crippen LogP contribution in [0, 0.1) is 18.8 Å². The maximum absolute atomic E-state index is 5.82. The van der Waals surface area contributed by atoms with E-state index in [4.69, 9.17) is 5.73 Å². The molecular formula is C11H15N3. The molecule has 74 valence electrons. The van der Waals surface area contributed by atoms with Gasteiger partial charge in [0, 0.05) is 19.2 Å². The molecule has 3 N–H and O–H groups in total. The molecule has 0 amide bonds. The smallest absolute Gasteiger partial charge is 0.136 e. The standard InChI is InChI=1S/C11H15N3/c1-9-6-8-14-10(11(9)12)5-3-4-7-13-2/h6,8,13H,4,7,12H2,1-2H3. The zero-order valence-electron chi connectivity index (χ0n) is 8.59. The van der Waals surface area contributed by atoms with Crippen molar-refractivity contribution in [1.82, 2.24) is 10.3 Å². The van der Waals surface area contributed by atoms with Crippen LogP contribution < -0.4 is 11.1 Å². The van der Waals surface area contributed by atoms with Crippen LogP contribution in [0.15, 0.2) is 12.3 Å². The minimum atomic E-state index is 0.682. The van der Waals surface area contributed by atoms with Gasteiger partial charge in [-0.25, -0.2) is 4.98 Å². The van der Waals surface area contributed by atoms with Crippen LogP contribution in [0.3, 0.4) is 0 Å². The molecule has 0 spiro atoms. The highest BCUT2D eigenvalue weighted by Crippen LogP contribution is 2.11. The van der Waals surface area contributed by atoms with Gasteiger partial charge in [0.25, 0.3) is 0 Å². The van der Waals surface area contributed by atoms with E-state index in [1.54, 1.807) is 6.20 Å². The van der Waals surface area contributed by atoms with E-state index >= 15 is 0 Å². The number of anilines is 1. The molecule has 1 heterocycles. The molecule has 0 saturated carbocycles. The van der Waals surface area contributed by atoms with Crippen LogP contribution in [-0.2, 0) is 0 Å². The minimum Gasteiger partial charge on any atom is -0.396 e. The summed E-state index contributed by atoms with van der Waals surface area (Å²) in [6, 6.07) is 1.88. The van der Waals surface area contributed by atoms with Gasteiger partial charge in [0.05, 0.1) is 5.69 Å². The van der Waals surface area contributed by atoms with E-state index in [0.717, 1.165) is 18.5 Å². The fraction of sp³-hybridized carbons (Fsp3) is 0.364. The highest BCUT2D eigenvalue weighted by atomic mass is 14.8. The summed E-state index contributed by atoms with van der Waals surface area (Å²) in [4.78, 5) is 4.12. The summed E-state index contributed by atoms with van der Waals surface area (Å²) in [7, 11) is 1.90. The monoisotopic (exact) mass is 189 g/mol. The van der Waals surface area contributed by atoms with Crippen molar-refractivity contribution in [2.24, 2.45) is 0 Å². The zero-order chi connectivity index (χ0) is 10.4. The third-order valence-corrected chi connectivity index (χ3v) is 1.91. The molecule has 3 nitrogen and oxygen atoms in total. The van der Waals surface area contributed by atoms with Gasteiger partial charge >= 0.3 is 0 Å². The first-order chi connectivity index (χ1) is 6.75. The van der Waals surface area contributed by atoms with Gasteiger partial charge in [0.1, 0.15) is 5.69 Å². The fourth-order valence-corrected chi connectivity index (χ4v) is 1.00. The summed E-state index contributed by atoms with van der Waals surface area (Å²) < 4.78 is 0. The van der Waals surface area contributed by atoms with Crippen LogP contribution in [-0.4, -0.2) is 18.6 Å². The summed E-state index contributed by atoms with van der Waals surface area (Å²) in [6.45, 7) is 2.84. The van der Waals surface area contributed by atoms with Crippen molar-refractivity contribution >= 4 is 5.69 Å². The van der Waals surface area contributed by atoms with E-state index in [0.29, 0.717) is 11.4 Å². The molecule has 0 aliphatic rings. The van der Waals surface area contributed by atoms with E-state index in [9.17, 15) is 0 Å². The Morgan fingerprint density at radius 2 is 2.36 bits per heavy atom. The maximum atomic E-state index is 5.82. The van der Waals surface area contributed by atoms with Gasteiger partial charge in [-0.1, -0.05) is 5.92 Å². The number of nitrogens with one attached hydrogen (secondary N) is 1. The first-order valence-corrected chi connectivity index (χ1v) is 4.60. The lowest BCUT2D eigenvalue weighted by Gasteiger charge is -1.99. The third kappa shape index (κ3) is 2.75. The predicted molar refractivity (Wildman–Crippen MR) is 58.8 cm³/mol. The number of nitrogen functional groups attached to an aromatic ring is 1. The molecule has 1 aromatic heterocycles. The number of aromatic nitrogens is 1. The van der Waals surface area contributed by atoms with Gasteiger partial charge in [0.15, 0.2) is 0 Å². The quantitative estimate of drug-likeness (QED) is 0.537. The molecule has 0 aliphatic carbocycles. The Kier molecular flexibility index (Phi) is 3.96. The van der Waals surface area contributed by atoms with Crippen molar-refractivity contribution in [2.75, 3.05) is 19.3 Å². The number of rotatable bonds is 2. The fourth-order valence-electron chi connectivity index (χ4n) is 1.00. The number of pyridine rings is 1. The predicted octanol–water partition coefficient (Wildman–Crippen LogP) is 0.933. The third-order valence-electron chi connectivity index (χ3n) is 1.91. The van der Waals surface area contributed by atoms with Crippen molar-refractivity contribution in [3.63, 3.8) is 0 Å². The van der Waals surface area contributed by atoms with Crippen molar-refractivity contribution < 1.29 is 0 Å². The van der Waals surface area contributed by atoms with Gasteiger partial charge in [-0.15, -0.1) is 0 Å². The Labute approximate surface area is 84.7 Å². The zero-order valence-corrected chi connectivity index (χ0v) is 8.59. The molecule has 0 aliphatic heterocycles. The van der Waals surface area contributed by atoms with Crippen molar-refractivity contribution in [2.45, 2.75) is 13.3 Å². The highest BCUT2D eigenvalue weighted by Gasteiger charge is 1.98. The van der Waals surface area contributed by atoms with Crippen LogP contribution in [0.4, 0.5) is 5.69 Å². The summed E-state index contributed by atoms with van der Waals surface area (Å²) in [5.74, 6) is 5.98. The SMILES string of the molecule is CNCCC#Cc1nccc(C)c1N. The average Bonchev–Trinajstić information content (AvgIpc) is 2.19. The molecule has 0 radical (unpaired) electrons. The van der Waals surface area contributed by atoms with Crippen molar-refractivity contribution in [3.8, 4) is 11.8 Å². The van der Waals surface area contributed by atoms with Crippen LogP contribution in [0.25, 0.3) is 0 Å². The molecule has 0 bridgehead atoms. The lowest BCUT2D eigenvalue weighted by Crippen LogP contribution is -2.06. The molecular weight excluding hydrogens is 174 g/mol. The average molecular weight is 189 g/mol. The minimum absolute atomic E-state index is 0.682. The van der Waals surface area contributed by atoms with Crippen LogP contribution in [0.1, 0.15) is 17.7 Å². The largest absolute Gasteiger partial charge is 0.396 e. The van der Waals surface area contributed by atoms with E-state index in [-0.39, 0.29) is 0 Å². The molecule has 0 unspecified atom stereocenters. The van der Waals surface area contributed by atoms with Gasteiger partial charge in [-0.2, -0.15) is 0 Å². The first-order valence-electron chi connectivity index (χ1n) is 4.60. The van der Waals surface area contributed by atoms with Crippen LogP contribution >= 0.6 is 0 Å². The van der Waals surface area contributed by atoms with Crippen molar-refractivity contribution in [3.05, 3.63) is 23.5 Å². The number of aryl methyl sites for hydroxylation is 1. The van der Waals surface area contributed by atoms with Gasteiger partial charge < -0.3 is 11.1 Å². The molecule has 3 heteroatoms. The molecule has 1 aromatic rings. The highest BCUT2D eigenvalue weighted by molar-refractivity contribution is 5.56. The second kappa shape index (κ2) is 5.25. The number of hydrogen-bond acceptors (Lipinski definition) is 3. The Bertz CT molecular complexity index is 361. The second-order valence-corrected chi connectivity index (χ2v) is 3.05. The topological polar surface area (TPSA) is 50.9 Å². The lowest BCUT2D eigenvalue weighted by atomic mass is 10.2. The van der Waals surface area contributed by atoms with E-state index in [2.05, 4.69) is 22.1 Å². The number of nitrogens with zero attached hydrogens (tertiary/aromatic N) is 1. The summed E-state index contributed by atoms with van der Waals surface area (Å²) >= 11 is 0. The Morgan fingerprint density at radius 1 is 1.57 bits per heavy atom. The number of hydrogen-bond donors (Lipinski definition) is 2. The normalized spacial score (nSPS) is 9.29. The first kappa shape index (κ1) is 10.6. The lowest BCUT2D eigenvalue weighted by molar-refractivity contribution is 0.818. The van der Waals surface area contributed by atoms with Crippen molar-refractivity contribution in [1.29, 1.82) is 0 Å². The maximum Gasteiger partial charge on any atom is 0.136 e. The van der Waals surface area contributed by atoms with E-state index in [1.165, 1.54) is 0 Å². The number of nitrogens with two attached hydrogens (primary N) is 1. The van der Waals surface area contributed by atoms with Crippen LogP contribution in [0.5, 0.6) is 0 Å². The second-order valence-electron chi connectivity index (χ2n) is 3.05.